The Balaban J connectivity index is 2.70. The number of hydrogen-bond acceptors (Lipinski definition) is 3. The van der Waals surface area contributed by atoms with Gasteiger partial charge in [-0.05, 0) is 30.7 Å². The van der Waals surface area contributed by atoms with Gasteiger partial charge in [-0.2, -0.15) is 0 Å². The first-order valence-corrected chi connectivity index (χ1v) is 6.05. The van der Waals surface area contributed by atoms with E-state index in [-0.39, 0.29) is 0 Å². The summed E-state index contributed by atoms with van der Waals surface area (Å²) in [6.07, 6.45) is 4.34. The Hall–Kier alpha value is -0.540. The van der Waals surface area contributed by atoms with Gasteiger partial charge in [0.05, 0.1) is 0 Å². The molecule has 0 atom stereocenters. The number of rotatable bonds is 5. The number of hydrogen-bond donors (Lipinski definition) is 1. The summed E-state index contributed by atoms with van der Waals surface area (Å²) in [6, 6.07) is 2.02. The van der Waals surface area contributed by atoms with E-state index in [1.807, 2.05) is 24.0 Å². The Labute approximate surface area is 90.3 Å². The monoisotopic (exact) mass is 210 g/mol. The molecule has 0 aliphatic carbocycles. The first-order chi connectivity index (χ1) is 6.79. The molecule has 78 valence electrons. The second kappa shape index (κ2) is 6.04. The molecule has 0 aliphatic rings. The Kier molecular flexibility index (Phi) is 4.98. The summed E-state index contributed by atoms with van der Waals surface area (Å²) in [5.41, 5.74) is 8.16. The minimum Gasteiger partial charge on any atom is -0.326 e. The standard InChI is InChI=1S/C11H18N2S/c1-3-4-7-14-11-10(8-12)9(2)5-6-13-11/h5-6H,3-4,7-8,12H2,1-2H3. The van der Waals surface area contributed by atoms with Crippen LogP contribution in [0.2, 0.25) is 0 Å². The van der Waals surface area contributed by atoms with Gasteiger partial charge >= 0.3 is 0 Å². The van der Waals surface area contributed by atoms with Gasteiger partial charge in [-0.3, -0.25) is 0 Å². The molecule has 0 spiro atoms. The molecule has 0 saturated carbocycles. The number of unbranched alkanes of at least 4 members (excludes halogenated alkanes) is 1. The topological polar surface area (TPSA) is 38.9 Å². The number of thioether (sulfide) groups is 1. The lowest BCUT2D eigenvalue weighted by atomic mass is 10.2. The van der Waals surface area contributed by atoms with Crippen molar-refractivity contribution in [2.24, 2.45) is 5.73 Å². The zero-order valence-corrected chi connectivity index (χ0v) is 9.73. The van der Waals surface area contributed by atoms with Gasteiger partial charge in [0.25, 0.3) is 0 Å². The van der Waals surface area contributed by atoms with E-state index in [0.717, 1.165) is 10.8 Å². The summed E-state index contributed by atoms with van der Waals surface area (Å²) in [5, 5.41) is 1.11. The Morgan fingerprint density at radius 3 is 2.93 bits per heavy atom. The van der Waals surface area contributed by atoms with Gasteiger partial charge < -0.3 is 5.73 Å². The van der Waals surface area contributed by atoms with E-state index in [1.54, 1.807) is 0 Å². The Bertz CT molecular complexity index is 287. The van der Waals surface area contributed by atoms with Gasteiger partial charge in [0.2, 0.25) is 0 Å². The minimum absolute atomic E-state index is 0.591. The van der Waals surface area contributed by atoms with Crippen LogP contribution in [0.5, 0.6) is 0 Å². The molecule has 0 aromatic carbocycles. The lowest BCUT2D eigenvalue weighted by molar-refractivity contribution is 0.889. The highest BCUT2D eigenvalue weighted by atomic mass is 32.2. The van der Waals surface area contributed by atoms with Crippen LogP contribution in [0, 0.1) is 6.92 Å². The van der Waals surface area contributed by atoms with E-state index >= 15 is 0 Å². The molecule has 0 unspecified atom stereocenters. The highest BCUT2D eigenvalue weighted by molar-refractivity contribution is 7.99. The third kappa shape index (κ3) is 3.00. The number of pyridine rings is 1. The number of nitrogens with zero attached hydrogens (tertiary/aromatic N) is 1. The third-order valence-electron chi connectivity index (χ3n) is 2.19. The van der Waals surface area contributed by atoms with Gasteiger partial charge in [-0.15, -0.1) is 11.8 Å². The van der Waals surface area contributed by atoms with Gasteiger partial charge in [-0.1, -0.05) is 13.3 Å². The zero-order valence-electron chi connectivity index (χ0n) is 8.92. The normalized spacial score (nSPS) is 10.5. The van der Waals surface area contributed by atoms with E-state index < -0.39 is 0 Å². The molecule has 0 radical (unpaired) electrons. The lowest BCUT2D eigenvalue weighted by Crippen LogP contribution is -2.03. The average molecular weight is 210 g/mol. The summed E-state index contributed by atoms with van der Waals surface area (Å²) in [4.78, 5) is 4.37. The molecule has 1 heterocycles. The summed E-state index contributed by atoms with van der Waals surface area (Å²) in [7, 11) is 0. The summed E-state index contributed by atoms with van der Waals surface area (Å²) < 4.78 is 0. The largest absolute Gasteiger partial charge is 0.326 e. The summed E-state index contributed by atoms with van der Waals surface area (Å²) in [5.74, 6) is 1.14. The molecular formula is C11H18N2S. The van der Waals surface area contributed by atoms with Gasteiger partial charge in [0, 0.05) is 18.3 Å². The average Bonchev–Trinajstić information content (AvgIpc) is 2.18. The Morgan fingerprint density at radius 1 is 1.50 bits per heavy atom. The second-order valence-electron chi connectivity index (χ2n) is 3.32. The van der Waals surface area contributed by atoms with Gasteiger partial charge in [-0.25, -0.2) is 4.98 Å². The summed E-state index contributed by atoms with van der Waals surface area (Å²) in [6.45, 7) is 4.88. The van der Waals surface area contributed by atoms with E-state index in [4.69, 9.17) is 5.73 Å². The van der Waals surface area contributed by atoms with Crippen molar-refractivity contribution in [3.05, 3.63) is 23.4 Å². The van der Waals surface area contributed by atoms with Crippen molar-refractivity contribution in [1.29, 1.82) is 0 Å². The maximum atomic E-state index is 5.70. The van der Waals surface area contributed by atoms with Crippen LogP contribution in [-0.2, 0) is 6.54 Å². The quantitative estimate of drug-likeness (QED) is 0.600. The van der Waals surface area contributed by atoms with E-state index in [2.05, 4.69) is 18.8 Å². The third-order valence-corrected chi connectivity index (χ3v) is 3.31. The highest BCUT2D eigenvalue weighted by Crippen LogP contribution is 2.23. The molecule has 1 rings (SSSR count). The zero-order chi connectivity index (χ0) is 10.4. The van der Waals surface area contributed by atoms with Crippen molar-refractivity contribution in [2.45, 2.75) is 38.3 Å². The predicted molar refractivity (Wildman–Crippen MR) is 62.5 cm³/mol. The van der Waals surface area contributed by atoms with Crippen molar-refractivity contribution in [1.82, 2.24) is 4.98 Å². The van der Waals surface area contributed by atoms with Crippen molar-refractivity contribution >= 4 is 11.8 Å². The Morgan fingerprint density at radius 2 is 2.29 bits per heavy atom. The van der Waals surface area contributed by atoms with Crippen LogP contribution in [0.3, 0.4) is 0 Å². The fourth-order valence-corrected chi connectivity index (χ4v) is 2.43. The van der Waals surface area contributed by atoms with E-state index in [1.165, 1.54) is 24.0 Å². The van der Waals surface area contributed by atoms with Crippen LogP contribution in [0.4, 0.5) is 0 Å². The first kappa shape index (κ1) is 11.5. The van der Waals surface area contributed by atoms with Gasteiger partial charge in [0.1, 0.15) is 5.03 Å². The smallest absolute Gasteiger partial charge is 0.101 e. The highest BCUT2D eigenvalue weighted by Gasteiger charge is 2.05. The van der Waals surface area contributed by atoms with Crippen LogP contribution in [0.1, 0.15) is 30.9 Å². The molecule has 14 heavy (non-hydrogen) atoms. The minimum atomic E-state index is 0.591. The maximum absolute atomic E-state index is 5.70. The van der Waals surface area contributed by atoms with Crippen molar-refractivity contribution in [3.8, 4) is 0 Å². The summed E-state index contributed by atoms with van der Waals surface area (Å²) >= 11 is 1.82. The van der Waals surface area contributed by atoms with Crippen LogP contribution in [0.25, 0.3) is 0 Å². The van der Waals surface area contributed by atoms with Crippen LogP contribution < -0.4 is 5.73 Å². The molecule has 1 aromatic rings. The molecule has 2 nitrogen and oxygen atoms in total. The maximum Gasteiger partial charge on any atom is 0.101 e. The van der Waals surface area contributed by atoms with Crippen LogP contribution in [-0.4, -0.2) is 10.7 Å². The molecule has 0 amide bonds. The van der Waals surface area contributed by atoms with E-state index in [0.29, 0.717) is 6.54 Å². The fourth-order valence-electron chi connectivity index (χ4n) is 1.25. The van der Waals surface area contributed by atoms with Crippen LogP contribution >= 0.6 is 11.8 Å². The molecule has 3 heteroatoms. The molecule has 0 bridgehead atoms. The predicted octanol–water partition coefficient (Wildman–Crippen LogP) is 2.74. The van der Waals surface area contributed by atoms with Gasteiger partial charge in [0.15, 0.2) is 0 Å². The van der Waals surface area contributed by atoms with Crippen molar-refractivity contribution < 1.29 is 0 Å². The van der Waals surface area contributed by atoms with E-state index in [9.17, 15) is 0 Å². The molecule has 0 aliphatic heterocycles. The second-order valence-corrected chi connectivity index (χ2v) is 4.40. The van der Waals surface area contributed by atoms with Crippen molar-refractivity contribution in [3.63, 3.8) is 0 Å². The molecule has 2 N–H and O–H groups in total. The number of aryl methyl sites for hydroxylation is 1. The molecule has 0 fully saturated rings. The molecule has 0 saturated heterocycles. The lowest BCUT2D eigenvalue weighted by Gasteiger charge is -2.08. The molecule has 1 aromatic heterocycles. The van der Waals surface area contributed by atoms with Crippen molar-refractivity contribution in [2.75, 3.05) is 5.75 Å². The fraction of sp³-hybridized carbons (Fsp3) is 0.545. The number of aromatic nitrogens is 1. The molecular weight excluding hydrogens is 192 g/mol. The number of nitrogens with two attached hydrogens (primary N) is 1. The first-order valence-electron chi connectivity index (χ1n) is 5.07. The SMILES string of the molecule is CCCCSc1nccc(C)c1CN. The van der Waals surface area contributed by atoms with Crippen LogP contribution in [0.15, 0.2) is 17.3 Å².